The fourth-order valence-electron chi connectivity index (χ4n) is 3.41. The average Bonchev–Trinajstić information content (AvgIpc) is 2.76. The molecule has 2 aromatic rings. The molecule has 2 aromatic carbocycles. The van der Waals surface area contributed by atoms with Gasteiger partial charge in [0, 0.05) is 32.2 Å². The summed E-state index contributed by atoms with van der Waals surface area (Å²) in [6, 6.07) is 14.7. The molecule has 1 aliphatic heterocycles. The van der Waals surface area contributed by atoms with Crippen molar-refractivity contribution in [2.75, 3.05) is 50.5 Å². The quantitative estimate of drug-likeness (QED) is 0.628. The number of methoxy groups -OCH3 is 1. The van der Waals surface area contributed by atoms with Crippen LogP contribution in [0, 0.1) is 0 Å². The predicted molar refractivity (Wildman–Crippen MR) is 120 cm³/mol. The number of carbonyl (C=O) groups excluding carboxylic acids is 1. The van der Waals surface area contributed by atoms with Crippen LogP contribution in [0.3, 0.4) is 0 Å². The van der Waals surface area contributed by atoms with E-state index in [1.54, 1.807) is 24.3 Å². The highest BCUT2D eigenvalue weighted by atomic mass is 32.2. The van der Waals surface area contributed by atoms with Crippen LogP contribution < -0.4 is 14.4 Å². The Morgan fingerprint density at radius 1 is 1.13 bits per heavy atom. The van der Waals surface area contributed by atoms with Gasteiger partial charge in [-0.2, -0.15) is 0 Å². The van der Waals surface area contributed by atoms with Crippen LogP contribution in [-0.2, 0) is 32.6 Å². The van der Waals surface area contributed by atoms with Crippen LogP contribution >= 0.6 is 0 Å². The first-order chi connectivity index (χ1) is 14.8. The zero-order chi connectivity index (χ0) is 22.3. The first kappa shape index (κ1) is 23.1. The van der Waals surface area contributed by atoms with E-state index in [0.717, 1.165) is 49.0 Å². The summed E-state index contributed by atoms with van der Waals surface area (Å²) in [5.41, 5.74) is 2.51. The molecule has 0 saturated carbocycles. The number of rotatable bonds is 9. The van der Waals surface area contributed by atoms with E-state index in [0.29, 0.717) is 18.0 Å². The molecule has 168 valence electrons. The monoisotopic (exact) mass is 447 g/mol. The summed E-state index contributed by atoms with van der Waals surface area (Å²) in [5, 5.41) is 2.82. The minimum Gasteiger partial charge on any atom is -0.497 e. The number of anilines is 1. The zero-order valence-electron chi connectivity index (χ0n) is 17.9. The van der Waals surface area contributed by atoms with E-state index in [2.05, 4.69) is 22.3 Å². The molecule has 9 heteroatoms. The number of nitrogens with one attached hydrogen (secondary N) is 1. The van der Waals surface area contributed by atoms with Crippen molar-refractivity contribution in [2.45, 2.75) is 13.1 Å². The highest BCUT2D eigenvalue weighted by Crippen LogP contribution is 2.22. The lowest BCUT2D eigenvalue weighted by Gasteiger charge is -2.26. The highest BCUT2D eigenvalue weighted by Gasteiger charge is 2.21. The van der Waals surface area contributed by atoms with Crippen molar-refractivity contribution < 1.29 is 22.7 Å². The van der Waals surface area contributed by atoms with E-state index in [-0.39, 0.29) is 12.5 Å². The second-order valence-electron chi connectivity index (χ2n) is 7.46. The summed E-state index contributed by atoms with van der Waals surface area (Å²) in [7, 11) is -2.14. The van der Waals surface area contributed by atoms with E-state index >= 15 is 0 Å². The molecule has 0 aliphatic carbocycles. The lowest BCUT2D eigenvalue weighted by molar-refractivity contribution is -0.119. The lowest BCUT2D eigenvalue weighted by Crippen LogP contribution is -2.40. The summed E-state index contributed by atoms with van der Waals surface area (Å²) in [4.78, 5) is 14.9. The van der Waals surface area contributed by atoms with Crippen molar-refractivity contribution >= 4 is 21.6 Å². The van der Waals surface area contributed by atoms with Gasteiger partial charge in [0.2, 0.25) is 15.9 Å². The van der Waals surface area contributed by atoms with Crippen molar-refractivity contribution in [1.82, 2.24) is 10.2 Å². The van der Waals surface area contributed by atoms with Gasteiger partial charge < -0.3 is 14.8 Å². The summed E-state index contributed by atoms with van der Waals surface area (Å²) in [6.45, 7) is 4.17. The van der Waals surface area contributed by atoms with Crippen molar-refractivity contribution in [3.8, 4) is 5.75 Å². The molecule has 1 amide bonds. The number of amides is 1. The van der Waals surface area contributed by atoms with Crippen molar-refractivity contribution in [1.29, 1.82) is 0 Å². The van der Waals surface area contributed by atoms with Crippen molar-refractivity contribution in [3.63, 3.8) is 0 Å². The molecule has 1 saturated heterocycles. The van der Waals surface area contributed by atoms with Crippen LogP contribution in [0.15, 0.2) is 48.5 Å². The Labute approximate surface area is 183 Å². The first-order valence-corrected chi connectivity index (χ1v) is 12.0. The Morgan fingerprint density at radius 3 is 2.55 bits per heavy atom. The number of carbonyl (C=O) groups is 1. The second-order valence-corrected chi connectivity index (χ2v) is 9.36. The van der Waals surface area contributed by atoms with Crippen LogP contribution in [-0.4, -0.2) is 65.4 Å². The average molecular weight is 448 g/mol. The molecule has 1 heterocycles. The van der Waals surface area contributed by atoms with Gasteiger partial charge in [0.25, 0.3) is 0 Å². The minimum atomic E-state index is -3.64. The summed E-state index contributed by atoms with van der Waals surface area (Å²) in [5.74, 6) is 0.135. The maximum absolute atomic E-state index is 12.5. The number of morpholine rings is 1. The van der Waals surface area contributed by atoms with Crippen molar-refractivity contribution in [2.24, 2.45) is 0 Å². The fourth-order valence-corrected chi connectivity index (χ4v) is 4.26. The molecule has 1 fully saturated rings. The molecule has 0 spiro atoms. The molecule has 8 nitrogen and oxygen atoms in total. The van der Waals surface area contributed by atoms with Gasteiger partial charge in [0.1, 0.15) is 12.3 Å². The van der Waals surface area contributed by atoms with Crippen LogP contribution in [0.2, 0.25) is 0 Å². The van der Waals surface area contributed by atoms with Gasteiger partial charge in [0.15, 0.2) is 0 Å². The Balaban J connectivity index is 1.60. The maximum Gasteiger partial charge on any atom is 0.241 e. The largest absolute Gasteiger partial charge is 0.497 e. The minimum absolute atomic E-state index is 0.306. The van der Waals surface area contributed by atoms with Crippen LogP contribution in [0.4, 0.5) is 5.69 Å². The number of benzene rings is 2. The van der Waals surface area contributed by atoms with E-state index in [1.165, 1.54) is 12.7 Å². The van der Waals surface area contributed by atoms with Crippen LogP contribution in [0.25, 0.3) is 0 Å². The highest BCUT2D eigenvalue weighted by molar-refractivity contribution is 7.92. The first-order valence-electron chi connectivity index (χ1n) is 10.1. The third-order valence-corrected chi connectivity index (χ3v) is 6.16. The molecule has 0 aromatic heterocycles. The van der Waals surface area contributed by atoms with Gasteiger partial charge in [-0.15, -0.1) is 0 Å². The SMILES string of the molecule is COc1cccc(N(CC(=O)NCc2cccc(CN3CCOCC3)c2)S(C)(=O)=O)c1. The number of hydrogen-bond donors (Lipinski definition) is 1. The number of hydrogen-bond acceptors (Lipinski definition) is 6. The van der Waals surface area contributed by atoms with Gasteiger partial charge in [-0.25, -0.2) is 8.42 Å². The van der Waals surface area contributed by atoms with Gasteiger partial charge in [-0.05, 0) is 23.3 Å². The number of ether oxygens (including phenoxy) is 2. The maximum atomic E-state index is 12.5. The topological polar surface area (TPSA) is 88.2 Å². The number of nitrogens with zero attached hydrogens (tertiary/aromatic N) is 2. The van der Waals surface area contributed by atoms with E-state index in [4.69, 9.17) is 9.47 Å². The third-order valence-electron chi connectivity index (χ3n) is 5.02. The van der Waals surface area contributed by atoms with Crippen LogP contribution in [0.5, 0.6) is 5.75 Å². The van der Waals surface area contributed by atoms with Gasteiger partial charge >= 0.3 is 0 Å². The summed E-state index contributed by atoms with van der Waals surface area (Å²) in [6.07, 6.45) is 1.08. The van der Waals surface area contributed by atoms with Gasteiger partial charge in [-0.1, -0.05) is 30.3 Å². The Morgan fingerprint density at radius 2 is 1.84 bits per heavy atom. The molecular formula is C22H29N3O5S. The molecule has 1 N–H and O–H groups in total. The molecule has 0 bridgehead atoms. The Hall–Kier alpha value is -2.62. The van der Waals surface area contributed by atoms with E-state index < -0.39 is 10.0 Å². The second kappa shape index (κ2) is 10.6. The van der Waals surface area contributed by atoms with Gasteiger partial charge in [-0.3, -0.25) is 14.0 Å². The van der Waals surface area contributed by atoms with Crippen LogP contribution in [0.1, 0.15) is 11.1 Å². The molecule has 0 atom stereocenters. The third kappa shape index (κ3) is 6.95. The normalized spacial score (nSPS) is 14.8. The predicted octanol–water partition coefficient (Wildman–Crippen LogP) is 1.61. The molecule has 0 unspecified atom stereocenters. The number of sulfonamides is 1. The Bertz CT molecular complexity index is 990. The van der Waals surface area contributed by atoms with Crippen molar-refractivity contribution in [3.05, 3.63) is 59.7 Å². The van der Waals surface area contributed by atoms with Gasteiger partial charge in [0.05, 0.1) is 32.3 Å². The molecule has 1 aliphatic rings. The lowest BCUT2D eigenvalue weighted by atomic mass is 10.1. The molecule has 3 rings (SSSR count). The summed E-state index contributed by atoms with van der Waals surface area (Å²) >= 11 is 0. The molecule has 31 heavy (non-hydrogen) atoms. The van der Waals surface area contributed by atoms with E-state index in [1.807, 2.05) is 12.1 Å². The van der Waals surface area contributed by atoms with E-state index in [9.17, 15) is 13.2 Å². The standard InChI is InChI=1S/C22H29N3O5S/c1-29-21-8-4-7-20(14-21)25(31(2,27)28)17-22(26)23-15-18-5-3-6-19(13-18)16-24-9-11-30-12-10-24/h3-8,13-14H,9-12,15-17H2,1-2H3,(H,23,26). The zero-order valence-corrected chi connectivity index (χ0v) is 18.7. The smallest absolute Gasteiger partial charge is 0.241 e. The Kier molecular flexibility index (Phi) is 7.89. The molecule has 0 radical (unpaired) electrons. The molecular weight excluding hydrogens is 418 g/mol. The fraction of sp³-hybridized carbons (Fsp3) is 0.409. The summed E-state index contributed by atoms with van der Waals surface area (Å²) < 4.78 is 36.1.